The lowest BCUT2D eigenvalue weighted by Crippen LogP contribution is -2.30. The van der Waals surface area contributed by atoms with E-state index in [1.807, 2.05) is 37.3 Å². The highest BCUT2D eigenvalue weighted by molar-refractivity contribution is 8.00. The Morgan fingerprint density at radius 2 is 1.75 bits per heavy atom. The predicted molar refractivity (Wildman–Crippen MR) is 84.8 cm³/mol. The van der Waals surface area contributed by atoms with E-state index in [1.54, 1.807) is 11.8 Å². The number of benzene rings is 2. The van der Waals surface area contributed by atoms with Gasteiger partial charge in [-0.25, -0.2) is 0 Å². The Bertz CT molecular complexity index is 551. The van der Waals surface area contributed by atoms with E-state index < -0.39 is 0 Å². The summed E-state index contributed by atoms with van der Waals surface area (Å²) in [5.41, 5.74) is 2.35. The van der Waals surface area contributed by atoms with Crippen molar-refractivity contribution >= 4 is 17.7 Å². The molecule has 2 nitrogen and oxygen atoms in total. The fourth-order valence-electron chi connectivity index (χ4n) is 1.80. The van der Waals surface area contributed by atoms with E-state index in [1.165, 1.54) is 5.56 Å². The van der Waals surface area contributed by atoms with Crippen molar-refractivity contribution < 1.29 is 4.79 Å². The van der Waals surface area contributed by atoms with E-state index in [0.717, 1.165) is 10.5 Å². The summed E-state index contributed by atoms with van der Waals surface area (Å²) in [4.78, 5) is 13.2. The van der Waals surface area contributed by atoms with Gasteiger partial charge >= 0.3 is 0 Å². The molecule has 0 aliphatic heterocycles. The van der Waals surface area contributed by atoms with Crippen LogP contribution in [-0.2, 0) is 11.3 Å². The van der Waals surface area contributed by atoms with Crippen LogP contribution in [0.4, 0.5) is 0 Å². The van der Waals surface area contributed by atoms with Gasteiger partial charge in [-0.2, -0.15) is 0 Å². The summed E-state index contributed by atoms with van der Waals surface area (Å²) in [6, 6.07) is 18.2. The Morgan fingerprint density at radius 3 is 2.40 bits per heavy atom. The summed E-state index contributed by atoms with van der Waals surface area (Å²) in [5.74, 6) is 0.0689. The van der Waals surface area contributed by atoms with E-state index in [-0.39, 0.29) is 11.2 Å². The van der Waals surface area contributed by atoms with Crippen LogP contribution < -0.4 is 5.32 Å². The zero-order valence-corrected chi connectivity index (χ0v) is 12.6. The Balaban J connectivity index is 1.84. The van der Waals surface area contributed by atoms with Crippen molar-refractivity contribution in [3.05, 3.63) is 65.7 Å². The lowest BCUT2D eigenvalue weighted by molar-refractivity contribution is -0.120. The Kier molecular flexibility index (Phi) is 5.24. The lowest BCUT2D eigenvalue weighted by atomic mass is 10.2. The van der Waals surface area contributed by atoms with Crippen molar-refractivity contribution in [2.45, 2.75) is 30.5 Å². The molecule has 3 heteroatoms. The number of rotatable bonds is 5. The Hall–Kier alpha value is -1.74. The Labute approximate surface area is 124 Å². The van der Waals surface area contributed by atoms with Gasteiger partial charge in [0.15, 0.2) is 0 Å². The highest BCUT2D eigenvalue weighted by Gasteiger charge is 2.13. The van der Waals surface area contributed by atoms with Gasteiger partial charge in [0.1, 0.15) is 0 Å². The quantitative estimate of drug-likeness (QED) is 0.847. The molecule has 0 heterocycles. The molecule has 104 valence electrons. The summed E-state index contributed by atoms with van der Waals surface area (Å²) < 4.78 is 0. The number of hydrogen-bond acceptors (Lipinski definition) is 2. The number of nitrogens with one attached hydrogen (secondary N) is 1. The van der Waals surface area contributed by atoms with E-state index in [0.29, 0.717) is 6.54 Å². The first-order valence-electron chi connectivity index (χ1n) is 6.70. The summed E-state index contributed by atoms with van der Waals surface area (Å²) in [5, 5.41) is 2.87. The maximum Gasteiger partial charge on any atom is 0.233 e. The second-order valence-corrected chi connectivity index (χ2v) is 6.19. The summed E-state index contributed by atoms with van der Waals surface area (Å²) in [6.45, 7) is 4.58. The molecule has 0 aromatic heterocycles. The number of carbonyl (C=O) groups excluding carboxylic acids is 1. The molecule has 0 aliphatic rings. The number of amides is 1. The van der Waals surface area contributed by atoms with Gasteiger partial charge in [-0.3, -0.25) is 4.79 Å². The minimum Gasteiger partial charge on any atom is -0.351 e. The standard InChI is InChI=1S/C17H19NOS/c1-13-8-10-16(11-9-13)20-14(2)17(19)18-12-15-6-4-3-5-7-15/h3-11,14H,12H2,1-2H3,(H,18,19)/t14-/m0/s1. The number of carbonyl (C=O) groups is 1. The molecule has 0 saturated heterocycles. The molecule has 0 radical (unpaired) electrons. The molecule has 1 amide bonds. The molecule has 0 spiro atoms. The van der Waals surface area contributed by atoms with Crippen LogP contribution in [0.3, 0.4) is 0 Å². The van der Waals surface area contributed by atoms with Crippen molar-refractivity contribution in [1.29, 1.82) is 0 Å². The van der Waals surface area contributed by atoms with Crippen LogP contribution in [0.2, 0.25) is 0 Å². The smallest absolute Gasteiger partial charge is 0.233 e. The fraction of sp³-hybridized carbons (Fsp3) is 0.235. The first-order valence-corrected chi connectivity index (χ1v) is 7.58. The molecule has 0 unspecified atom stereocenters. The third-order valence-electron chi connectivity index (χ3n) is 3.01. The largest absolute Gasteiger partial charge is 0.351 e. The molecule has 0 aliphatic carbocycles. The maximum atomic E-state index is 12.1. The number of hydrogen-bond donors (Lipinski definition) is 1. The highest BCUT2D eigenvalue weighted by Crippen LogP contribution is 2.23. The molecule has 1 atom stereocenters. The molecule has 0 fully saturated rings. The van der Waals surface area contributed by atoms with Crippen LogP contribution in [0, 0.1) is 6.92 Å². The third kappa shape index (κ3) is 4.42. The first-order chi connectivity index (χ1) is 9.65. The molecule has 1 N–H and O–H groups in total. The lowest BCUT2D eigenvalue weighted by Gasteiger charge is -2.12. The maximum absolute atomic E-state index is 12.1. The number of aryl methyl sites for hydroxylation is 1. The molecule has 2 aromatic rings. The van der Waals surface area contributed by atoms with Gasteiger partial charge < -0.3 is 5.32 Å². The molecular weight excluding hydrogens is 266 g/mol. The SMILES string of the molecule is Cc1ccc(S[C@@H](C)C(=O)NCc2ccccc2)cc1. The van der Waals surface area contributed by atoms with Gasteiger partial charge in [0, 0.05) is 11.4 Å². The zero-order valence-electron chi connectivity index (χ0n) is 11.8. The van der Waals surface area contributed by atoms with Gasteiger partial charge in [-0.05, 0) is 31.5 Å². The summed E-state index contributed by atoms with van der Waals surface area (Å²) >= 11 is 1.58. The molecule has 2 aromatic carbocycles. The van der Waals surface area contributed by atoms with Gasteiger partial charge in [0.05, 0.1) is 5.25 Å². The van der Waals surface area contributed by atoms with Gasteiger partial charge in [-0.1, -0.05) is 48.0 Å². The monoisotopic (exact) mass is 285 g/mol. The van der Waals surface area contributed by atoms with Gasteiger partial charge in [0.25, 0.3) is 0 Å². The summed E-state index contributed by atoms with van der Waals surface area (Å²) in [7, 11) is 0. The second-order valence-electron chi connectivity index (χ2n) is 4.78. The zero-order chi connectivity index (χ0) is 14.4. The minimum absolute atomic E-state index is 0.0689. The molecule has 0 saturated carbocycles. The van der Waals surface area contributed by atoms with Crippen molar-refractivity contribution in [3.63, 3.8) is 0 Å². The van der Waals surface area contributed by atoms with Crippen molar-refractivity contribution in [3.8, 4) is 0 Å². The van der Waals surface area contributed by atoms with Crippen LogP contribution in [0.15, 0.2) is 59.5 Å². The Morgan fingerprint density at radius 1 is 1.10 bits per heavy atom. The van der Waals surface area contributed by atoms with E-state index >= 15 is 0 Å². The van der Waals surface area contributed by atoms with Crippen LogP contribution >= 0.6 is 11.8 Å². The predicted octanol–water partition coefficient (Wildman–Crippen LogP) is 3.79. The van der Waals surface area contributed by atoms with Crippen LogP contribution in [0.1, 0.15) is 18.1 Å². The molecule has 0 bridgehead atoms. The normalized spacial score (nSPS) is 11.9. The van der Waals surface area contributed by atoms with Crippen molar-refractivity contribution in [2.24, 2.45) is 0 Å². The van der Waals surface area contributed by atoms with Crippen LogP contribution in [0.25, 0.3) is 0 Å². The van der Waals surface area contributed by atoms with E-state index in [4.69, 9.17) is 0 Å². The highest BCUT2D eigenvalue weighted by atomic mass is 32.2. The molecular formula is C17H19NOS. The first kappa shape index (κ1) is 14.7. The van der Waals surface area contributed by atoms with Crippen molar-refractivity contribution in [2.75, 3.05) is 0 Å². The minimum atomic E-state index is -0.0959. The van der Waals surface area contributed by atoms with Gasteiger partial charge in [-0.15, -0.1) is 11.8 Å². The van der Waals surface area contributed by atoms with Gasteiger partial charge in [0.2, 0.25) is 5.91 Å². The average molecular weight is 285 g/mol. The summed E-state index contributed by atoms with van der Waals surface area (Å²) in [6.07, 6.45) is 0. The van der Waals surface area contributed by atoms with Crippen LogP contribution in [-0.4, -0.2) is 11.2 Å². The molecule has 20 heavy (non-hydrogen) atoms. The van der Waals surface area contributed by atoms with E-state index in [2.05, 4.69) is 36.5 Å². The number of thioether (sulfide) groups is 1. The van der Waals surface area contributed by atoms with E-state index in [9.17, 15) is 4.79 Å². The fourth-order valence-corrected chi connectivity index (χ4v) is 2.70. The topological polar surface area (TPSA) is 29.1 Å². The van der Waals surface area contributed by atoms with Crippen molar-refractivity contribution in [1.82, 2.24) is 5.32 Å². The second kappa shape index (κ2) is 7.15. The molecule has 2 rings (SSSR count). The third-order valence-corrected chi connectivity index (χ3v) is 4.12. The van der Waals surface area contributed by atoms with Crippen LogP contribution in [0.5, 0.6) is 0 Å². The average Bonchev–Trinajstić information content (AvgIpc) is 2.48.